The van der Waals surface area contributed by atoms with Gasteiger partial charge in [0, 0.05) is 6.54 Å². The van der Waals surface area contributed by atoms with E-state index in [0.717, 1.165) is 11.5 Å². The average Bonchev–Trinajstić information content (AvgIpc) is 2.64. The predicted molar refractivity (Wildman–Crippen MR) is 62.3 cm³/mol. The first-order chi connectivity index (χ1) is 7.63. The topological polar surface area (TPSA) is 57.6 Å². The zero-order valence-corrected chi connectivity index (χ0v) is 10.2. The van der Waals surface area contributed by atoms with E-state index in [1.165, 1.54) is 0 Å². The van der Waals surface area contributed by atoms with Crippen molar-refractivity contribution in [3.05, 3.63) is 23.7 Å². The third kappa shape index (κ3) is 4.35. The van der Waals surface area contributed by atoms with E-state index in [-0.39, 0.29) is 12.2 Å². The highest BCUT2D eigenvalue weighted by molar-refractivity contribution is 5.08. The quantitative estimate of drug-likeness (QED) is 0.724. The maximum atomic E-state index is 5.63. The molecule has 92 valence electrons. The van der Waals surface area contributed by atoms with Gasteiger partial charge in [0.1, 0.15) is 17.6 Å². The second kappa shape index (κ2) is 6.68. The van der Waals surface area contributed by atoms with Crippen molar-refractivity contribution in [1.82, 2.24) is 0 Å². The summed E-state index contributed by atoms with van der Waals surface area (Å²) in [5, 5.41) is 0. The molecule has 0 aliphatic heterocycles. The Balaban J connectivity index is 2.32. The van der Waals surface area contributed by atoms with E-state index in [9.17, 15) is 0 Å². The van der Waals surface area contributed by atoms with Crippen LogP contribution in [0.1, 0.15) is 31.5 Å². The third-order valence-corrected chi connectivity index (χ3v) is 2.15. The summed E-state index contributed by atoms with van der Waals surface area (Å²) in [5.74, 6) is 1.65. The Morgan fingerprint density at radius 3 is 2.44 bits per heavy atom. The lowest BCUT2D eigenvalue weighted by atomic mass is 10.3. The van der Waals surface area contributed by atoms with Crippen molar-refractivity contribution in [2.75, 3.05) is 19.8 Å². The minimum Gasteiger partial charge on any atom is -0.464 e. The predicted octanol–water partition coefficient (Wildman–Crippen LogP) is 2.03. The van der Waals surface area contributed by atoms with Crippen LogP contribution in [0.2, 0.25) is 0 Å². The van der Waals surface area contributed by atoms with E-state index in [1.54, 1.807) is 0 Å². The van der Waals surface area contributed by atoms with Crippen molar-refractivity contribution >= 4 is 0 Å². The van der Waals surface area contributed by atoms with E-state index in [1.807, 2.05) is 32.9 Å². The van der Waals surface area contributed by atoms with Crippen LogP contribution in [0.15, 0.2) is 16.5 Å². The number of ether oxygens (including phenoxy) is 2. The van der Waals surface area contributed by atoms with Crippen molar-refractivity contribution in [2.24, 2.45) is 5.73 Å². The van der Waals surface area contributed by atoms with E-state index in [0.29, 0.717) is 19.8 Å². The van der Waals surface area contributed by atoms with Crippen LogP contribution in [0, 0.1) is 6.92 Å². The molecule has 1 unspecified atom stereocenters. The smallest absolute Gasteiger partial charge is 0.134 e. The maximum absolute atomic E-state index is 5.63. The van der Waals surface area contributed by atoms with Gasteiger partial charge in [0.25, 0.3) is 0 Å². The molecule has 0 aliphatic rings. The molecule has 4 nitrogen and oxygen atoms in total. The first-order valence-electron chi connectivity index (χ1n) is 5.63. The van der Waals surface area contributed by atoms with Gasteiger partial charge in [-0.2, -0.15) is 0 Å². The van der Waals surface area contributed by atoms with Crippen molar-refractivity contribution in [2.45, 2.75) is 33.0 Å². The fourth-order valence-electron chi connectivity index (χ4n) is 1.37. The SMILES string of the molecule is Cc1ccc(C(CN)OCCOC(C)C)o1. The van der Waals surface area contributed by atoms with E-state index < -0.39 is 0 Å². The molecule has 4 heteroatoms. The number of hydrogen-bond donors (Lipinski definition) is 1. The molecule has 0 spiro atoms. The van der Waals surface area contributed by atoms with Crippen LogP contribution in [-0.2, 0) is 9.47 Å². The molecule has 0 bridgehead atoms. The van der Waals surface area contributed by atoms with Crippen LogP contribution < -0.4 is 5.73 Å². The average molecular weight is 227 g/mol. The van der Waals surface area contributed by atoms with Crippen LogP contribution in [-0.4, -0.2) is 25.9 Å². The van der Waals surface area contributed by atoms with E-state index in [2.05, 4.69) is 0 Å². The number of nitrogens with two attached hydrogens (primary N) is 1. The molecule has 1 heterocycles. The highest BCUT2D eigenvalue weighted by Crippen LogP contribution is 2.18. The second-order valence-electron chi connectivity index (χ2n) is 3.96. The molecule has 0 fully saturated rings. The van der Waals surface area contributed by atoms with Crippen LogP contribution in [0.25, 0.3) is 0 Å². The number of aryl methyl sites for hydroxylation is 1. The highest BCUT2D eigenvalue weighted by atomic mass is 16.5. The van der Waals surface area contributed by atoms with Gasteiger partial charge in [0.05, 0.1) is 19.3 Å². The summed E-state index contributed by atoms with van der Waals surface area (Å²) >= 11 is 0. The van der Waals surface area contributed by atoms with Gasteiger partial charge < -0.3 is 19.6 Å². The second-order valence-corrected chi connectivity index (χ2v) is 3.96. The molecule has 0 amide bonds. The summed E-state index contributed by atoms with van der Waals surface area (Å²) in [6.45, 7) is 7.41. The monoisotopic (exact) mass is 227 g/mol. The Bertz CT molecular complexity index is 296. The lowest BCUT2D eigenvalue weighted by Crippen LogP contribution is -2.18. The number of furan rings is 1. The summed E-state index contributed by atoms with van der Waals surface area (Å²) < 4.78 is 16.4. The lowest BCUT2D eigenvalue weighted by Gasteiger charge is -2.14. The highest BCUT2D eigenvalue weighted by Gasteiger charge is 2.13. The van der Waals surface area contributed by atoms with Crippen LogP contribution in [0.5, 0.6) is 0 Å². The summed E-state index contributed by atoms with van der Waals surface area (Å²) in [7, 11) is 0. The van der Waals surface area contributed by atoms with Gasteiger partial charge in [-0.25, -0.2) is 0 Å². The van der Waals surface area contributed by atoms with Gasteiger partial charge in [-0.3, -0.25) is 0 Å². The largest absolute Gasteiger partial charge is 0.464 e. The fraction of sp³-hybridized carbons (Fsp3) is 0.667. The minimum atomic E-state index is -0.176. The number of rotatable bonds is 7. The van der Waals surface area contributed by atoms with Crippen molar-refractivity contribution in [1.29, 1.82) is 0 Å². The molecule has 0 radical (unpaired) electrons. The Hall–Kier alpha value is -0.840. The molecule has 1 atom stereocenters. The van der Waals surface area contributed by atoms with E-state index >= 15 is 0 Å². The normalized spacial score (nSPS) is 13.3. The summed E-state index contributed by atoms with van der Waals surface area (Å²) in [6.07, 6.45) is 0.0512. The Morgan fingerprint density at radius 1 is 1.25 bits per heavy atom. The first-order valence-corrected chi connectivity index (χ1v) is 5.63. The third-order valence-electron chi connectivity index (χ3n) is 2.15. The summed E-state index contributed by atoms with van der Waals surface area (Å²) in [6, 6.07) is 3.81. The Kier molecular flexibility index (Phi) is 5.52. The molecule has 1 rings (SSSR count). The van der Waals surface area contributed by atoms with Gasteiger partial charge in [0.15, 0.2) is 0 Å². The van der Waals surface area contributed by atoms with Gasteiger partial charge in [-0.05, 0) is 32.9 Å². The van der Waals surface area contributed by atoms with Crippen molar-refractivity contribution in [3.8, 4) is 0 Å². The molecular formula is C12H21NO3. The zero-order chi connectivity index (χ0) is 12.0. The van der Waals surface area contributed by atoms with Gasteiger partial charge in [0.2, 0.25) is 0 Å². The maximum Gasteiger partial charge on any atom is 0.134 e. The van der Waals surface area contributed by atoms with Gasteiger partial charge in [-0.1, -0.05) is 0 Å². The van der Waals surface area contributed by atoms with Crippen LogP contribution >= 0.6 is 0 Å². The molecule has 1 aromatic heterocycles. The van der Waals surface area contributed by atoms with E-state index in [4.69, 9.17) is 19.6 Å². The zero-order valence-electron chi connectivity index (χ0n) is 10.2. The molecule has 0 saturated carbocycles. The lowest BCUT2D eigenvalue weighted by molar-refractivity contribution is -0.0171. The van der Waals surface area contributed by atoms with Crippen molar-refractivity contribution in [3.63, 3.8) is 0 Å². The Morgan fingerprint density at radius 2 is 1.94 bits per heavy atom. The standard InChI is InChI=1S/C12H21NO3/c1-9(2)14-6-7-15-12(8-13)11-5-4-10(3)16-11/h4-5,9,12H,6-8,13H2,1-3H3. The molecule has 0 saturated heterocycles. The molecule has 1 aromatic rings. The molecule has 2 N–H and O–H groups in total. The van der Waals surface area contributed by atoms with Crippen molar-refractivity contribution < 1.29 is 13.9 Å². The van der Waals surface area contributed by atoms with Crippen LogP contribution in [0.4, 0.5) is 0 Å². The van der Waals surface area contributed by atoms with Gasteiger partial charge in [-0.15, -0.1) is 0 Å². The molecule has 16 heavy (non-hydrogen) atoms. The number of hydrogen-bond acceptors (Lipinski definition) is 4. The Labute approximate surface area is 96.7 Å². The minimum absolute atomic E-state index is 0.176. The fourth-order valence-corrected chi connectivity index (χ4v) is 1.37. The summed E-state index contributed by atoms with van der Waals surface area (Å²) in [4.78, 5) is 0. The molecular weight excluding hydrogens is 206 g/mol. The first kappa shape index (κ1) is 13.2. The molecule has 0 aromatic carbocycles. The molecule has 0 aliphatic carbocycles. The van der Waals surface area contributed by atoms with Gasteiger partial charge >= 0.3 is 0 Å². The van der Waals surface area contributed by atoms with Crippen LogP contribution in [0.3, 0.4) is 0 Å². The summed E-state index contributed by atoms with van der Waals surface area (Å²) in [5.41, 5.74) is 5.63.